The molecule has 1 rings (SSSR count). The Bertz CT molecular complexity index is 550. The number of hydrogen-bond acceptors (Lipinski definition) is 6. The maximum Gasteiger partial charge on any atom is 0.214 e. The van der Waals surface area contributed by atoms with E-state index in [0.717, 1.165) is 40.4 Å². The van der Waals surface area contributed by atoms with Gasteiger partial charge >= 0.3 is 0 Å². The normalized spacial score (nSPS) is 12.0. The van der Waals surface area contributed by atoms with Crippen molar-refractivity contribution < 1.29 is 9.90 Å². The summed E-state index contributed by atoms with van der Waals surface area (Å²) < 4.78 is 0. The lowest BCUT2D eigenvalue weighted by molar-refractivity contribution is -0.116. The Labute approximate surface area is 146 Å². The van der Waals surface area contributed by atoms with Gasteiger partial charge in [0.1, 0.15) is 5.82 Å². The zero-order valence-electron chi connectivity index (χ0n) is 13.9. The Hall–Kier alpha value is -1.18. The van der Waals surface area contributed by atoms with Crippen molar-refractivity contribution in [1.29, 1.82) is 0 Å². The van der Waals surface area contributed by atoms with E-state index in [1.54, 1.807) is 26.5 Å². The Morgan fingerprint density at radius 1 is 1.48 bits per heavy atom. The highest BCUT2D eigenvalue weighted by molar-refractivity contribution is 8.78. The molecule has 0 radical (unpaired) electrons. The number of aliphatic hydroxyl groups is 1. The SMILES string of the molecule is CCCSS/C(CCO)=C(/C)N(C=O)Cc1ccc(C)nc1N. The summed E-state index contributed by atoms with van der Waals surface area (Å²) in [5.41, 5.74) is 8.46. The minimum Gasteiger partial charge on any atom is -0.396 e. The first-order valence-corrected chi connectivity index (χ1v) is 9.89. The van der Waals surface area contributed by atoms with E-state index in [4.69, 9.17) is 5.73 Å². The molecule has 0 unspecified atom stereocenters. The molecule has 1 amide bonds. The molecule has 5 nitrogen and oxygen atoms in total. The average Bonchev–Trinajstić information content (AvgIpc) is 2.53. The molecule has 1 heterocycles. The van der Waals surface area contributed by atoms with Crippen LogP contribution in [-0.4, -0.2) is 33.8 Å². The summed E-state index contributed by atoms with van der Waals surface area (Å²) in [4.78, 5) is 18.4. The minimum atomic E-state index is 0.0628. The highest BCUT2D eigenvalue weighted by atomic mass is 33.1. The van der Waals surface area contributed by atoms with Crippen molar-refractivity contribution in [3.8, 4) is 0 Å². The lowest BCUT2D eigenvalue weighted by Crippen LogP contribution is -2.21. The van der Waals surface area contributed by atoms with Crippen molar-refractivity contribution in [2.75, 3.05) is 18.1 Å². The van der Waals surface area contributed by atoms with Crippen molar-refractivity contribution in [3.63, 3.8) is 0 Å². The summed E-state index contributed by atoms with van der Waals surface area (Å²) >= 11 is 0. The van der Waals surface area contributed by atoms with E-state index in [-0.39, 0.29) is 6.61 Å². The molecule has 128 valence electrons. The number of carbonyl (C=O) groups excluding carboxylic acids is 1. The van der Waals surface area contributed by atoms with Crippen LogP contribution in [0.15, 0.2) is 22.7 Å². The fraction of sp³-hybridized carbons (Fsp3) is 0.500. The van der Waals surface area contributed by atoms with Crippen LogP contribution < -0.4 is 5.73 Å². The predicted molar refractivity (Wildman–Crippen MR) is 99.7 cm³/mol. The number of aromatic nitrogens is 1. The van der Waals surface area contributed by atoms with E-state index >= 15 is 0 Å². The van der Waals surface area contributed by atoms with Crippen LogP contribution in [0.5, 0.6) is 0 Å². The summed E-state index contributed by atoms with van der Waals surface area (Å²) in [5.74, 6) is 1.48. The molecule has 0 saturated heterocycles. The van der Waals surface area contributed by atoms with E-state index in [9.17, 15) is 9.90 Å². The Morgan fingerprint density at radius 2 is 2.22 bits per heavy atom. The van der Waals surface area contributed by atoms with Crippen molar-refractivity contribution in [2.24, 2.45) is 0 Å². The lowest BCUT2D eigenvalue weighted by atomic mass is 10.2. The van der Waals surface area contributed by atoms with Gasteiger partial charge in [-0.2, -0.15) is 0 Å². The van der Waals surface area contributed by atoms with Gasteiger partial charge in [0, 0.05) is 40.6 Å². The van der Waals surface area contributed by atoms with Crippen LogP contribution in [0.1, 0.15) is 37.9 Å². The Morgan fingerprint density at radius 3 is 2.78 bits per heavy atom. The zero-order chi connectivity index (χ0) is 17.2. The third-order valence-corrected chi connectivity index (χ3v) is 6.09. The summed E-state index contributed by atoms with van der Waals surface area (Å²) in [6.45, 7) is 6.34. The van der Waals surface area contributed by atoms with E-state index < -0.39 is 0 Å². The number of nitrogens with zero attached hydrogens (tertiary/aromatic N) is 2. The number of nitrogen functional groups attached to an aromatic ring is 1. The maximum absolute atomic E-state index is 11.5. The predicted octanol–water partition coefficient (Wildman–Crippen LogP) is 3.34. The smallest absolute Gasteiger partial charge is 0.214 e. The van der Waals surface area contributed by atoms with Crippen LogP contribution in [0, 0.1) is 6.92 Å². The molecule has 1 aromatic heterocycles. The fourth-order valence-electron chi connectivity index (χ4n) is 1.90. The van der Waals surface area contributed by atoms with Crippen LogP contribution in [0.2, 0.25) is 0 Å². The standard InChI is InChI=1S/C16H25N3O2S2/c1-4-9-22-23-15(7-8-20)13(3)19(11-21)10-14-6-5-12(2)18-16(14)17/h5-6,11,20H,4,7-10H2,1-3H3,(H2,17,18)/b15-13-. The number of pyridine rings is 1. The number of hydrogen-bond donors (Lipinski definition) is 2. The van der Waals surface area contributed by atoms with Gasteiger partial charge < -0.3 is 15.7 Å². The quantitative estimate of drug-likeness (QED) is 0.381. The molecule has 3 N–H and O–H groups in total. The highest BCUT2D eigenvalue weighted by Crippen LogP contribution is 2.35. The second-order valence-corrected chi connectivity index (χ2v) is 7.63. The molecule has 7 heteroatoms. The van der Waals surface area contributed by atoms with E-state index in [0.29, 0.717) is 18.8 Å². The van der Waals surface area contributed by atoms with Gasteiger partial charge in [-0.05, 0) is 26.3 Å². The van der Waals surface area contributed by atoms with Crippen LogP contribution >= 0.6 is 21.6 Å². The molecular formula is C16H25N3O2S2. The average molecular weight is 356 g/mol. The molecule has 0 saturated carbocycles. The van der Waals surface area contributed by atoms with Crippen molar-refractivity contribution in [3.05, 3.63) is 34.0 Å². The van der Waals surface area contributed by atoms with Crippen LogP contribution in [0.25, 0.3) is 0 Å². The number of carbonyl (C=O) groups is 1. The monoisotopic (exact) mass is 355 g/mol. The van der Waals surface area contributed by atoms with Gasteiger partial charge in [0.05, 0.1) is 6.54 Å². The molecule has 23 heavy (non-hydrogen) atoms. The highest BCUT2D eigenvalue weighted by Gasteiger charge is 2.13. The third kappa shape index (κ3) is 6.45. The number of rotatable bonds is 10. The van der Waals surface area contributed by atoms with Crippen molar-refractivity contribution in [1.82, 2.24) is 9.88 Å². The van der Waals surface area contributed by atoms with Gasteiger partial charge in [-0.25, -0.2) is 4.98 Å². The van der Waals surface area contributed by atoms with E-state index in [1.165, 1.54) is 0 Å². The van der Waals surface area contributed by atoms with Crippen LogP contribution in [0.3, 0.4) is 0 Å². The topological polar surface area (TPSA) is 79.5 Å². The molecule has 0 aliphatic rings. The second-order valence-electron chi connectivity index (χ2n) is 5.12. The largest absolute Gasteiger partial charge is 0.396 e. The third-order valence-electron chi connectivity index (χ3n) is 3.24. The zero-order valence-corrected chi connectivity index (χ0v) is 15.5. The number of anilines is 1. The summed E-state index contributed by atoms with van der Waals surface area (Å²) in [6, 6.07) is 3.78. The Kier molecular flexibility index (Phi) is 9.13. The second kappa shape index (κ2) is 10.6. The van der Waals surface area contributed by atoms with Crippen LogP contribution in [0.4, 0.5) is 5.82 Å². The molecule has 0 aromatic carbocycles. The van der Waals surface area contributed by atoms with Crippen molar-refractivity contribution in [2.45, 2.75) is 40.2 Å². The number of aliphatic hydroxyl groups excluding tert-OH is 1. The number of amides is 1. The van der Waals surface area contributed by atoms with Gasteiger partial charge in [0.15, 0.2) is 0 Å². The van der Waals surface area contributed by atoms with Gasteiger partial charge in [-0.15, -0.1) is 0 Å². The number of aryl methyl sites for hydroxylation is 1. The first-order valence-electron chi connectivity index (χ1n) is 7.57. The first-order chi connectivity index (χ1) is 11.0. The lowest BCUT2D eigenvalue weighted by Gasteiger charge is -2.22. The molecule has 1 aromatic rings. The molecule has 0 aliphatic heterocycles. The summed E-state index contributed by atoms with van der Waals surface area (Å²) in [5, 5.41) is 9.27. The van der Waals surface area contributed by atoms with Crippen LogP contribution in [-0.2, 0) is 11.3 Å². The molecule has 0 fully saturated rings. The van der Waals surface area contributed by atoms with Gasteiger partial charge in [-0.3, -0.25) is 4.79 Å². The van der Waals surface area contributed by atoms with E-state index in [1.807, 2.05) is 26.0 Å². The molecule has 0 atom stereocenters. The number of allylic oxidation sites excluding steroid dienone is 1. The summed E-state index contributed by atoms with van der Waals surface area (Å²) in [7, 11) is 3.37. The molecule has 0 aliphatic carbocycles. The van der Waals surface area contributed by atoms with Crippen molar-refractivity contribution >= 4 is 33.8 Å². The van der Waals surface area contributed by atoms with Gasteiger partial charge in [0.2, 0.25) is 6.41 Å². The first kappa shape index (κ1) is 19.9. The van der Waals surface area contributed by atoms with Gasteiger partial charge in [0.25, 0.3) is 0 Å². The Balaban J connectivity index is 2.94. The fourth-order valence-corrected chi connectivity index (χ4v) is 4.49. The van der Waals surface area contributed by atoms with Gasteiger partial charge in [-0.1, -0.05) is 34.6 Å². The maximum atomic E-state index is 11.5. The minimum absolute atomic E-state index is 0.0628. The number of nitrogens with two attached hydrogens (primary N) is 1. The molecular weight excluding hydrogens is 330 g/mol. The summed E-state index contributed by atoms with van der Waals surface area (Å²) in [6.07, 6.45) is 2.43. The molecule has 0 spiro atoms. The van der Waals surface area contributed by atoms with E-state index in [2.05, 4.69) is 11.9 Å². The molecule has 0 bridgehead atoms.